The van der Waals surface area contributed by atoms with E-state index < -0.39 is 21.9 Å². The first-order valence-corrected chi connectivity index (χ1v) is 9.23. The van der Waals surface area contributed by atoms with Gasteiger partial charge in [0.1, 0.15) is 11.6 Å². The van der Waals surface area contributed by atoms with Crippen LogP contribution in [0.1, 0.15) is 23.0 Å². The zero-order chi connectivity index (χ0) is 17.5. The summed E-state index contributed by atoms with van der Waals surface area (Å²) in [7, 11) is -1.92. The van der Waals surface area contributed by atoms with Gasteiger partial charge in [-0.2, -0.15) is 4.31 Å². The van der Waals surface area contributed by atoms with Crippen LogP contribution >= 0.6 is 12.4 Å². The average molecular weight is 389 g/mol. The molecule has 2 aromatic rings. The fraction of sp³-hybridized carbons (Fsp3) is 0.438. The number of imidazole rings is 1. The van der Waals surface area contributed by atoms with Crippen LogP contribution in [0.25, 0.3) is 0 Å². The van der Waals surface area contributed by atoms with Crippen molar-refractivity contribution >= 4 is 22.4 Å². The second-order valence-corrected chi connectivity index (χ2v) is 7.93. The van der Waals surface area contributed by atoms with E-state index in [0.29, 0.717) is 36.6 Å². The average Bonchev–Trinajstić information content (AvgIpc) is 2.92. The maximum Gasteiger partial charge on any atom is 0.244 e. The van der Waals surface area contributed by atoms with Gasteiger partial charge in [0, 0.05) is 39.1 Å². The highest BCUT2D eigenvalue weighted by atomic mass is 35.5. The number of benzene rings is 1. The molecule has 1 unspecified atom stereocenters. The summed E-state index contributed by atoms with van der Waals surface area (Å²) < 4.78 is 43.4. The number of halogens is 2. The lowest BCUT2D eigenvalue weighted by molar-refractivity contribution is 0.258. The summed E-state index contributed by atoms with van der Waals surface area (Å²) in [6, 6.07) is 2.13. The molecule has 0 spiro atoms. The number of nitrogens with zero attached hydrogens (tertiary/aromatic N) is 3. The van der Waals surface area contributed by atoms with Gasteiger partial charge in [0.2, 0.25) is 10.0 Å². The first kappa shape index (κ1) is 19.8. The van der Waals surface area contributed by atoms with Crippen molar-refractivity contribution < 1.29 is 12.8 Å². The predicted octanol–water partition coefficient (Wildman–Crippen LogP) is 1.93. The van der Waals surface area contributed by atoms with Crippen LogP contribution in [0.5, 0.6) is 0 Å². The van der Waals surface area contributed by atoms with E-state index in [9.17, 15) is 12.8 Å². The Morgan fingerprint density at radius 2 is 1.92 bits per heavy atom. The van der Waals surface area contributed by atoms with Crippen molar-refractivity contribution in [2.75, 3.05) is 19.6 Å². The van der Waals surface area contributed by atoms with Gasteiger partial charge in [0.25, 0.3) is 0 Å². The largest absolute Gasteiger partial charge is 0.337 e. The Morgan fingerprint density at radius 3 is 2.48 bits per heavy atom. The minimum Gasteiger partial charge on any atom is -0.337 e. The SMILES string of the molecule is Cc1cc(F)cc(C)c1S(=O)(=O)N1CCNCC1c1nccn1C.Cl. The van der Waals surface area contributed by atoms with Crippen molar-refractivity contribution in [3.63, 3.8) is 0 Å². The van der Waals surface area contributed by atoms with Gasteiger partial charge in [-0.05, 0) is 37.1 Å². The van der Waals surface area contributed by atoms with Crippen LogP contribution in [-0.2, 0) is 17.1 Å². The molecule has 6 nitrogen and oxygen atoms in total. The maximum absolute atomic E-state index is 13.6. The molecule has 138 valence electrons. The Balaban J connectivity index is 0.00000225. The Kier molecular flexibility index (Phi) is 5.88. The lowest BCUT2D eigenvalue weighted by Gasteiger charge is -2.35. The van der Waals surface area contributed by atoms with Crippen LogP contribution in [0, 0.1) is 19.7 Å². The zero-order valence-corrected chi connectivity index (χ0v) is 16.0. The van der Waals surface area contributed by atoms with Gasteiger partial charge < -0.3 is 9.88 Å². The third-order valence-corrected chi connectivity index (χ3v) is 6.56. The highest BCUT2D eigenvalue weighted by Gasteiger charge is 2.37. The number of nitrogens with one attached hydrogen (secondary N) is 1. The zero-order valence-electron chi connectivity index (χ0n) is 14.4. The van der Waals surface area contributed by atoms with Gasteiger partial charge in [-0.1, -0.05) is 0 Å². The molecule has 0 aliphatic carbocycles. The van der Waals surface area contributed by atoms with Crippen molar-refractivity contribution in [2.24, 2.45) is 7.05 Å². The van der Waals surface area contributed by atoms with E-state index in [-0.39, 0.29) is 17.3 Å². The summed E-state index contributed by atoms with van der Waals surface area (Å²) in [5, 5.41) is 3.22. The number of aryl methyl sites for hydroxylation is 3. The number of piperazine rings is 1. The molecule has 1 N–H and O–H groups in total. The third-order valence-electron chi connectivity index (χ3n) is 4.34. The summed E-state index contributed by atoms with van der Waals surface area (Å²) in [6.07, 6.45) is 3.45. The molecule has 0 bridgehead atoms. The van der Waals surface area contributed by atoms with Crippen molar-refractivity contribution in [3.05, 3.63) is 47.3 Å². The van der Waals surface area contributed by atoms with Gasteiger partial charge in [-0.3, -0.25) is 0 Å². The fourth-order valence-electron chi connectivity index (χ4n) is 3.31. The molecule has 2 heterocycles. The molecule has 1 aliphatic heterocycles. The smallest absolute Gasteiger partial charge is 0.244 e. The lowest BCUT2D eigenvalue weighted by Crippen LogP contribution is -2.49. The molecule has 1 atom stereocenters. The highest BCUT2D eigenvalue weighted by Crippen LogP contribution is 2.31. The molecule has 1 fully saturated rings. The number of sulfonamides is 1. The van der Waals surface area contributed by atoms with Gasteiger partial charge in [0.15, 0.2) is 0 Å². The normalized spacial score (nSPS) is 18.8. The van der Waals surface area contributed by atoms with Crippen LogP contribution in [0.3, 0.4) is 0 Å². The van der Waals surface area contributed by atoms with Gasteiger partial charge >= 0.3 is 0 Å². The second kappa shape index (κ2) is 7.41. The van der Waals surface area contributed by atoms with Crippen LogP contribution in [0.15, 0.2) is 29.4 Å². The number of rotatable bonds is 3. The van der Waals surface area contributed by atoms with Gasteiger partial charge in [-0.25, -0.2) is 17.8 Å². The molecular formula is C16H22ClFN4O2S. The van der Waals surface area contributed by atoms with E-state index in [2.05, 4.69) is 10.3 Å². The van der Waals surface area contributed by atoms with Gasteiger partial charge in [0.05, 0.1) is 10.9 Å². The number of aromatic nitrogens is 2. The highest BCUT2D eigenvalue weighted by molar-refractivity contribution is 7.89. The summed E-state index contributed by atoms with van der Waals surface area (Å²) >= 11 is 0. The van der Waals surface area contributed by atoms with Crippen LogP contribution in [0.4, 0.5) is 4.39 Å². The van der Waals surface area contributed by atoms with Crippen LogP contribution < -0.4 is 5.32 Å². The Labute approximate surface area is 153 Å². The molecule has 1 aliphatic rings. The van der Waals surface area contributed by atoms with Crippen molar-refractivity contribution in [3.8, 4) is 0 Å². The van der Waals surface area contributed by atoms with Crippen molar-refractivity contribution in [2.45, 2.75) is 24.8 Å². The minimum absolute atomic E-state index is 0. The molecule has 0 saturated carbocycles. The molecule has 1 aromatic heterocycles. The molecule has 1 saturated heterocycles. The van der Waals surface area contributed by atoms with E-state index in [4.69, 9.17) is 0 Å². The number of hydrogen-bond donors (Lipinski definition) is 1. The summed E-state index contributed by atoms with van der Waals surface area (Å²) in [5.74, 6) is 0.258. The van der Waals surface area contributed by atoms with E-state index in [1.807, 2.05) is 11.6 Å². The molecule has 3 rings (SSSR count). The molecule has 9 heteroatoms. The molecule has 0 radical (unpaired) electrons. The lowest BCUT2D eigenvalue weighted by atomic mass is 10.1. The first-order valence-electron chi connectivity index (χ1n) is 7.79. The van der Waals surface area contributed by atoms with E-state index in [1.54, 1.807) is 26.2 Å². The second-order valence-electron chi connectivity index (χ2n) is 6.10. The monoisotopic (exact) mass is 388 g/mol. The Hall–Kier alpha value is -1.48. The molecule has 25 heavy (non-hydrogen) atoms. The summed E-state index contributed by atoms with van der Waals surface area (Å²) in [6.45, 7) is 4.65. The van der Waals surface area contributed by atoms with Crippen LogP contribution in [0.2, 0.25) is 0 Å². The summed E-state index contributed by atoms with van der Waals surface area (Å²) in [4.78, 5) is 4.50. The third kappa shape index (κ3) is 3.57. The van der Waals surface area contributed by atoms with E-state index in [0.717, 1.165) is 0 Å². The first-order chi connectivity index (χ1) is 11.3. The van der Waals surface area contributed by atoms with Crippen molar-refractivity contribution in [1.82, 2.24) is 19.2 Å². The molecule has 0 amide bonds. The Bertz CT molecular complexity index is 846. The van der Waals surface area contributed by atoms with Crippen LogP contribution in [-0.4, -0.2) is 41.9 Å². The summed E-state index contributed by atoms with van der Waals surface area (Å²) in [5.41, 5.74) is 0.842. The fourth-order valence-corrected chi connectivity index (χ4v) is 5.31. The maximum atomic E-state index is 13.6. The standard InChI is InChI=1S/C16H21FN4O2S.ClH/c1-11-8-13(17)9-12(2)15(11)24(22,23)21-7-4-18-10-14(21)16-19-5-6-20(16)3;/h5-6,8-9,14,18H,4,7,10H2,1-3H3;1H. The predicted molar refractivity (Wildman–Crippen MR) is 95.8 cm³/mol. The quantitative estimate of drug-likeness (QED) is 0.872. The van der Waals surface area contributed by atoms with Gasteiger partial charge in [-0.15, -0.1) is 12.4 Å². The Morgan fingerprint density at radius 1 is 1.28 bits per heavy atom. The number of hydrogen-bond acceptors (Lipinski definition) is 4. The molecule has 1 aromatic carbocycles. The van der Waals surface area contributed by atoms with E-state index in [1.165, 1.54) is 16.4 Å². The van der Waals surface area contributed by atoms with Crippen molar-refractivity contribution in [1.29, 1.82) is 0 Å². The molecular weight excluding hydrogens is 367 g/mol. The minimum atomic E-state index is -3.76. The topological polar surface area (TPSA) is 67.2 Å². The van der Waals surface area contributed by atoms with E-state index >= 15 is 0 Å².